The molecule has 0 unspecified atom stereocenters. The van der Waals surface area contributed by atoms with Crippen molar-refractivity contribution in [3.63, 3.8) is 0 Å². The molecule has 0 bridgehead atoms. The molecular weight excluding hydrogens is 362 g/mol. The summed E-state index contributed by atoms with van der Waals surface area (Å²) in [4.78, 5) is 2.54. The first-order valence-corrected chi connectivity index (χ1v) is 10.5. The molecule has 0 aromatic heterocycles. The molecule has 1 fully saturated rings. The minimum absolute atomic E-state index is 0.144. The summed E-state index contributed by atoms with van der Waals surface area (Å²) in [5.74, 6) is 1.88. The Morgan fingerprint density at radius 1 is 1.07 bits per heavy atom. The molecule has 1 N–H and O–H groups in total. The van der Waals surface area contributed by atoms with Gasteiger partial charge in [0.2, 0.25) is 0 Å². The van der Waals surface area contributed by atoms with Crippen molar-refractivity contribution < 1.29 is 9.47 Å². The van der Waals surface area contributed by atoms with Crippen LogP contribution in [0.25, 0.3) is 5.70 Å². The maximum absolute atomic E-state index is 6.72. The maximum Gasteiger partial charge on any atom is 0.182 e. The molecule has 3 aliphatic heterocycles. The van der Waals surface area contributed by atoms with E-state index in [0.29, 0.717) is 6.04 Å². The van der Waals surface area contributed by atoms with Gasteiger partial charge in [-0.2, -0.15) is 5.01 Å². The standard InChI is InChI=1S/C24H29N3O2/c1-17(2)26-14-12-24(13-15-26)27-21(19-9-5-7-11-23(19)29-24)16-20(25-27)18-8-4-6-10-22(18)28-3/h4-11,16-17,21,25H,12-15H2,1-3H3/t21-/m1/s1. The Hall–Kier alpha value is -2.50. The molecule has 1 atom stereocenters. The zero-order valence-corrected chi connectivity index (χ0v) is 17.4. The molecule has 0 aliphatic carbocycles. The van der Waals surface area contributed by atoms with Crippen LogP contribution < -0.4 is 14.9 Å². The molecule has 5 nitrogen and oxygen atoms in total. The monoisotopic (exact) mass is 391 g/mol. The molecule has 3 heterocycles. The van der Waals surface area contributed by atoms with Crippen molar-refractivity contribution in [3.8, 4) is 11.5 Å². The Labute approximate surface area is 172 Å². The predicted octanol–water partition coefficient (Wildman–Crippen LogP) is 4.19. The molecule has 29 heavy (non-hydrogen) atoms. The number of benzene rings is 2. The summed E-state index contributed by atoms with van der Waals surface area (Å²) < 4.78 is 12.3. The lowest BCUT2D eigenvalue weighted by Crippen LogP contribution is -2.64. The zero-order valence-electron chi connectivity index (χ0n) is 17.4. The topological polar surface area (TPSA) is 37.0 Å². The van der Waals surface area contributed by atoms with Crippen molar-refractivity contribution in [1.29, 1.82) is 0 Å². The van der Waals surface area contributed by atoms with Crippen molar-refractivity contribution in [2.24, 2.45) is 0 Å². The Morgan fingerprint density at radius 3 is 2.55 bits per heavy atom. The number of ether oxygens (including phenoxy) is 2. The van der Waals surface area contributed by atoms with Gasteiger partial charge in [0.05, 0.1) is 18.8 Å². The van der Waals surface area contributed by atoms with Crippen LogP contribution in [-0.4, -0.2) is 41.9 Å². The van der Waals surface area contributed by atoms with Gasteiger partial charge in [-0.05, 0) is 38.1 Å². The van der Waals surface area contributed by atoms with E-state index in [2.05, 4.69) is 71.7 Å². The van der Waals surface area contributed by atoms with Gasteiger partial charge < -0.3 is 19.8 Å². The summed E-state index contributed by atoms with van der Waals surface area (Å²) in [5, 5.41) is 2.34. The van der Waals surface area contributed by atoms with Crippen LogP contribution in [0.4, 0.5) is 0 Å². The van der Waals surface area contributed by atoms with Crippen molar-refractivity contribution in [3.05, 3.63) is 65.7 Å². The van der Waals surface area contributed by atoms with Crippen molar-refractivity contribution >= 4 is 5.70 Å². The van der Waals surface area contributed by atoms with E-state index in [1.54, 1.807) is 7.11 Å². The summed E-state index contributed by atoms with van der Waals surface area (Å²) in [7, 11) is 1.73. The summed E-state index contributed by atoms with van der Waals surface area (Å²) in [6.07, 6.45) is 4.25. The van der Waals surface area contributed by atoms with E-state index < -0.39 is 0 Å². The lowest BCUT2D eigenvalue weighted by Gasteiger charge is -2.52. The second kappa shape index (κ2) is 7.08. The average molecular weight is 392 g/mol. The molecule has 0 radical (unpaired) electrons. The molecule has 2 aromatic rings. The Balaban J connectivity index is 1.53. The third kappa shape index (κ3) is 3.00. The SMILES string of the molecule is COc1ccccc1C1=C[C@@H]2c3ccccc3OC3(CCN(C(C)C)CC3)N2N1. The number of hydrazine groups is 1. The lowest BCUT2D eigenvalue weighted by atomic mass is 9.92. The second-order valence-electron chi connectivity index (χ2n) is 8.42. The van der Waals surface area contributed by atoms with Gasteiger partial charge in [-0.3, -0.25) is 0 Å². The van der Waals surface area contributed by atoms with Crippen molar-refractivity contribution in [2.75, 3.05) is 20.2 Å². The number of likely N-dealkylation sites (tertiary alicyclic amines) is 1. The summed E-state index contributed by atoms with van der Waals surface area (Å²) in [5.41, 5.74) is 6.73. The van der Waals surface area contributed by atoms with Crippen LogP contribution in [0.1, 0.15) is 43.9 Å². The van der Waals surface area contributed by atoms with Gasteiger partial charge in [0.15, 0.2) is 5.72 Å². The van der Waals surface area contributed by atoms with Gasteiger partial charge in [-0.25, -0.2) is 0 Å². The van der Waals surface area contributed by atoms with Gasteiger partial charge >= 0.3 is 0 Å². The lowest BCUT2D eigenvalue weighted by molar-refractivity contribution is -0.161. The van der Waals surface area contributed by atoms with Gasteiger partial charge in [-0.1, -0.05) is 30.3 Å². The third-order valence-electron chi connectivity index (χ3n) is 6.53. The number of methoxy groups -OCH3 is 1. The molecule has 2 aromatic carbocycles. The molecule has 1 saturated heterocycles. The van der Waals surface area contributed by atoms with Crippen LogP contribution in [0, 0.1) is 0 Å². The number of fused-ring (bicyclic) bond motifs is 4. The van der Waals surface area contributed by atoms with Gasteiger partial charge in [0.25, 0.3) is 0 Å². The minimum Gasteiger partial charge on any atom is -0.496 e. The van der Waals surface area contributed by atoms with Crippen LogP contribution in [-0.2, 0) is 0 Å². The highest BCUT2D eigenvalue weighted by atomic mass is 16.5. The molecule has 5 rings (SSSR count). The molecule has 1 spiro atoms. The van der Waals surface area contributed by atoms with E-state index in [9.17, 15) is 0 Å². The normalized spacial score (nSPS) is 23.2. The average Bonchev–Trinajstić information content (AvgIpc) is 3.21. The molecule has 0 saturated carbocycles. The van der Waals surface area contributed by atoms with Crippen LogP contribution >= 0.6 is 0 Å². The number of nitrogens with one attached hydrogen (secondary N) is 1. The third-order valence-corrected chi connectivity index (χ3v) is 6.53. The van der Waals surface area contributed by atoms with E-state index in [-0.39, 0.29) is 11.8 Å². The summed E-state index contributed by atoms with van der Waals surface area (Å²) in [6.45, 7) is 6.62. The highest BCUT2D eigenvalue weighted by Crippen LogP contribution is 2.49. The fourth-order valence-corrected chi connectivity index (χ4v) is 4.87. The largest absolute Gasteiger partial charge is 0.496 e. The van der Waals surface area contributed by atoms with Crippen LogP contribution in [0.2, 0.25) is 0 Å². The fourth-order valence-electron chi connectivity index (χ4n) is 4.87. The maximum atomic E-state index is 6.72. The van der Waals surface area contributed by atoms with Gasteiger partial charge in [-0.15, -0.1) is 0 Å². The number of rotatable bonds is 3. The van der Waals surface area contributed by atoms with E-state index in [1.807, 2.05) is 12.1 Å². The van der Waals surface area contributed by atoms with Crippen LogP contribution in [0.3, 0.4) is 0 Å². The molecule has 5 heteroatoms. The number of piperidine rings is 1. The fraction of sp³-hybridized carbons (Fsp3) is 0.417. The number of nitrogens with zero attached hydrogens (tertiary/aromatic N) is 2. The van der Waals surface area contributed by atoms with Crippen LogP contribution in [0.15, 0.2) is 54.6 Å². The van der Waals surface area contributed by atoms with Crippen LogP contribution in [0.5, 0.6) is 11.5 Å². The number of para-hydroxylation sites is 2. The van der Waals surface area contributed by atoms with E-state index in [1.165, 1.54) is 5.56 Å². The number of hydrogen-bond acceptors (Lipinski definition) is 5. The van der Waals surface area contributed by atoms with Crippen molar-refractivity contribution in [2.45, 2.75) is 44.5 Å². The summed E-state index contributed by atoms with van der Waals surface area (Å²) in [6, 6.07) is 17.3. The van der Waals surface area contributed by atoms with Crippen molar-refractivity contribution in [1.82, 2.24) is 15.3 Å². The molecule has 0 amide bonds. The highest BCUT2D eigenvalue weighted by molar-refractivity contribution is 5.72. The van der Waals surface area contributed by atoms with E-state index in [0.717, 1.165) is 48.7 Å². The first-order chi connectivity index (χ1) is 14.1. The first-order valence-electron chi connectivity index (χ1n) is 10.5. The van der Waals surface area contributed by atoms with E-state index in [4.69, 9.17) is 9.47 Å². The molecule has 3 aliphatic rings. The van der Waals surface area contributed by atoms with Gasteiger partial charge in [0, 0.05) is 43.1 Å². The zero-order chi connectivity index (χ0) is 20.0. The quantitative estimate of drug-likeness (QED) is 0.849. The predicted molar refractivity (Wildman–Crippen MR) is 114 cm³/mol. The second-order valence-corrected chi connectivity index (χ2v) is 8.42. The molecular formula is C24H29N3O2. The Bertz CT molecular complexity index is 931. The summed E-state index contributed by atoms with van der Waals surface area (Å²) >= 11 is 0. The molecule has 152 valence electrons. The smallest absolute Gasteiger partial charge is 0.182 e. The first kappa shape index (κ1) is 18.5. The highest BCUT2D eigenvalue weighted by Gasteiger charge is 2.51. The van der Waals surface area contributed by atoms with Gasteiger partial charge in [0.1, 0.15) is 11.5 Å². The Kier molecular flexibility index (Phi) is 4.52. The minimum atomic E-state index is -0.343. The Morgan fingerprint density at radius 2 is 1.79 bits per heavy atom. The van der Waals surface area contributed by atoms with E-state index >= 15 is 0 Å². The number of hydrogen-bond donors (Lipinski definition) is 1.